The highest BCUT2D eigenvalue weighted by atomic mass is 19.2. The Hall–Kier alpha value is -1.04. The van der Waals surface area contributed by atoms with Crippen molar-refractivity contribution in [2.24, 2.45) is 0 Å². The van der Waals surface area contributed by atoms with Gasteiger partial charge in [-0.3, -0.25) is 9.80 Å². The van der Waals surface area contributed by atoms with Crippen LogP contribution in [0.5, 0.6) is 0 Å². The number of β-amino-alcohol motifs (C(OH)–C–C–N with tert-alkyl or cyclic N) is 1. The van der Waals surface area contributed by atoms with E-state index in [-0.39, 0.29) is 6.61 Å². The average molecular weight is 270 g/mol. The first-order valence-corrected chi connectivity index (χ1v) is 6.69. The third-order valence-electron chi connectivity index (χ3n) is 3.52. The maximum atomic E-state index is 13.6. The van der Waals surface area contributed by atoms with Crippen molar-refractivity contribution in [3.05, 3.63) is 35.4 Å². The van der Waals surface area contributed by atoms with Gasteiger partial charge in [-0.1, -0.05) is 12.1 Å². The highest BCUT2D eigenvalue weighted by Crippen LogP contribution is 2.15. The average Bonchev–Trinajstić information content (AvgIpc) is 2.61. The first kappa shape index (κ1) is 14.4. The Bertz CT molecular complexity index is 414. The van der Waals surface area contributed by atoms with Crippen molar-refractivity contribution in [3.8, 4) is 0 Å². The lowest BCUT2D eigenvalue weighted by Crippen LogP contribution is -2.32. The molecule has 0 amide bonds. The zero-order valence-electron chi connectivity index (χ0n) is 11.0. The lowest BCUT2D eigenvalue weighted by Gasteiger charge is -2.21. The van der Waals surface area contributed by atoms with Crippen LogP contribution in [0.15, 0.2) is 18.2 Å². The second-order valence-corrected chi connectivity index (χ2v) is 4.91. The molecule has 0 bridgehead atoms. The molecule has 0 unspecified atom stereocenters. The molecule has 0 atom stereocenters. The zero-order valence-corrected chi connectivity index (χ0v) is 11.0. The van der Waals surface area contributed by atoms with E-state index in [1.54, 1.807) is 12.1 Å². The summed E-state index contributed by atoms with van der Waals surface area (Å²) in [5.41, 5.74) is 0.413. The SMILES string of the molecule is OCCN1CCCN(Cc2cccc(F)c2F)CC1. The molecular weight excluding hydrogens is 250 g/mol. The Labute approximate surface area is 112 Å². The molecule has 0 aliphatic carbocycles. The van der Waals surface area contributed by atoms with E-state index in [0.717, 1.165) is 38.7 Å². The summed E-state index contributed by atoms with van der Waals surface area (Å²) in [6.07, 6.45) is 0.983. The van der Waals surface area contributed by atoms with Gasteiger partial charge in [-0.05, 0) is 25.6 Å². The molecule has 1 aromatic rings. The highest BCUT2D eigenvalue weighted by Gasteiger charge is 2.16. The van der Waals surface area contributed by atoms with E-state index in [0.29, 0.717) is 18.7 Å². The van der Waals surface area contributed by atoms with E-state index in [9.17, 15) is 8.78 Å². The molecule has 2 rings (SSSR count). The van der Waals surface area contributed by atoms with Crippen LogP contribution in [0.25, 0.3) is 0 Å². The summed E-state index contributed by atoms with van der Waals surface area (Å²) in [5.74, 6) is -1.52. The molecule has 3 nitrogen and oxygen atoms in total. The van der Waals surface area contributed by atoms with Crippen LogP contribution < -0.4 is 0 Å². The van der Waals surface area contributed by atoms with Crippen molar-refractivity contribution < 1.29 is 13.9 Å². The Morgan fingerprint density at radius 3 is 2.58 bits per heavy atom. The summed E-state index contributed by atoms with van der Waals surface area (Å²) in [5, 5.41) is 8.93. The van der Waals surface area contributed by atoms with E-state index >= 15 is 0 Å². The second-order valence-electron chi connectivity index (χ2n) is 4.91. The molecule has 0 spiro atoms. The summed E-state index contributed by atoms with van der Waals surface area (Å²) >= 11 is 0. The zero-order chi connectivity index (χ0) is 13.7. The van der Waals surface area contributed by atoms with E-state index in [4.69, 9.17) is 5.11 Å². The van der Waals surface area contributed by atoms with Gasteiger partial charge >= 0.3 is 0 Å². The molecule has 1 N–H and O–H groups in total. The van der Waals surface area contributed by atoms with E-state index in [2.05, 4.69) is 9.80 Å². The number of benzene rings is 1. The van der Waals surface area contributed by atoms with Crippen LogP contribution >= 0.6 is 0 Å². The fourth-order valence-corrected chi connectivity index (χ4v) is 2.46. The minimum atomic E-state index is -0.783. The van der Waals surface area contributed by atoms with Crippen molar-refractivity contribution in [2.75, 3.05) is 39.3 Å². The normalized spacial score (nSPS) is 18.5. The van der Waals surface area contributed by atoms with Crippen molar-refractivity contribution in [1.29, 1.82) is 0 Å². The third kappa shape index (κ3) is 3.96. The largest absolute Gasteiger partial charge is 0.395 e. The quantitative estimate of drug-likeness (QED) is 0.897. The summed E-state index contributed by atoms with van der Waals surface area (Å²) in [6, 6.07) is 4.32. The number of hydrogen-bond donors (Lipinski definition) is 1. The number of aliphatic hydroxyl groups is 1. The van der Waals surface area contributed by atoms with Crippen LogP contribution in [-0.4, -0.2) is 54.2 Å². The van der Waals surface area contributed by atoms with Gasteiger partial charge < -0.3 is 5.11 Å². The molecule has 5 heteroatoms. The lowest BCUT2D eigenvalue weighted by molar-refractivity contribution is 0.195. The highest BCUT2D eigenvalue weighted by molar-refractivity contribution is 5.18. The van der Waals surface area contributed by atoms with Gasteiger partial charge in [0.25, 0.3) is 0 Å². The van der Waals surface area contributed by atoms with E-state index < -0.39 is 11.6 Å². The molecule has 1 aliphatic heterocycles. The van der Waals surface area contributed by atoms with E-state index in [1.165, 1.54) is 0 Å². The van der Waals surface area contributed by atoms with Crippen LogP contribution in [0.1, 0.15) is 12.0 Å². The first-order chi connectivity index (χ1) is 9.20. The van der Waals surface area contributed by atoms with Gasteiger partial charge in [0, 0.05) is 31.7 Å². The van der Waals surface area contributed by atoms with Crippen LogP contribution in [0, 0.1) is 11.6 Å². The molecule has 1 heterocycles. The molecule has 0 saturated carbocycles. The summed E-state index contributed by atoms with van der Waals surface area (Å²) in [6.45, 7) is 4.78. The van der Waals surface area contributed by atoms with Crippen molar-refractivity contribution in [1.82, 2.24) is 9.80 Å². The van der Waals surface area contributed by atoms with Gasteiger partial charge in [0.2, 0.25) is 0 Å². The van der Waals surface area contributed by atoms with Crippen LogP contribution in [0.2, 0.25) is 0 Å². The van der Waals surface area contributed by atoms with Crippen LogP contribution in [-0.2, 0) is 6.54 Å². The monoisotopic (exact) mass is 270 g/mol. The number of halogens is 2. The van der Waals surface area contributed by atoms with E-state index in [1.807, 2.05) is 0 Å². The Morgan fingerprint density at radius 2 is 1.79 bits per heavy atom. The number of hydrogen-bond acceptors (Lipinski definition) is 3. The maximum Gasteiger partial charge on any atom is 0.163 e. The van der Waals surface area contributed by atoms with Gasteiger partial charge in [-0.15, -0.1) is 0 Å². The number of rotatable bonds is 4. The minimum Gasteiger partial charge on any atom is -0.395 e. The molecule has 0 radical (unpaired) electrons. The fraction of sp³-hybridized carbons (Fsp3) is 0.571. The van der Waals surface area contributed by atoms with Crippen molar-refractivity contribution in [2.45, 2.75) is 13.0 Å². The smallest absolute Gasteiger partial charge is 0.163 e. The standard InChI is InChI=1S/C14H20F2N2O/c15-13-4-1-3-12(14(13)16)11-18-6-2-5-17(7-8-18)9-10-19/h1,3-4,19H,2,5-11H2. The maximum absolute atomic E-state index is 13.6. The summed E-state index contributed by atoms with van der Waals surface area (Å²) in [4.78, 5) is 4.33. The van der Waals surface area contributed by atoms with Gasteiger partial charge in [0.1, 0.15) is 0 Å². The van der Waals surface area contributed by atoms with Crippen LogP contribution in [0.4, 0.5) is 8.78 Å². The third-order valence-corrected chi connectivity index (χ3v) is 3.52. The van der Waals surface area contributed by atoms with Crippen LogP contribution in [0.3, 0.4) is 0 Å². The Kier molecular flexibility index (Phi) is 5.24. The van der Waals surface area contributed by atoms with Crippen molar-refractivity contribution in [3.63, 3.8) is 0 Å². The number of aliphatic hydroxyl groups excluding tert-OH is 1. The Morgan fingerprint density at radius 1 is 1.05 bits per heavy atom. The van der Waals surface area contributed by atoms with Gasteiger partial charge in [0.05, 0.1) is 6.61 Å². The molecular formula is C14H20F2N2O. The molecule has 106 valence electrons. The van der Waals surface area contributed by atoms with Gasteiger partial charge in [0.15, 0.2) is 11.6 Å². The predicted molar refractivity (Wildman–Crippen MR) is 69.8 cm³/mol. The molecule has 0 aromatic heterocycles. The van der Waals surface area contributed by atoms with Crippen molar-refractivity contribution >= 4 is 0 Å². The summed E-state index contributed by atoms with van der Waals surface area (Å²) in [7, 11) is 0. The molecule has 1 aromatic carbocycles. The molecule has 19 heavy (non-hydrogen) atoms. The molecule has 1 saturated heterocycles. The molecule has 1 aliphatic rings. The minimum absolute atomic E-state index is 0.165. The summed E-state index contributed by atoms with van der Waals surface area (Å²) < 4.78 is 26.8. The van der Waals surface area contributed by atoms with Gasteiger partial charge in [-0.2, -0.15) is 0 Å². The molecule has 1 fully saturated rings. The Balaban J connectivity index is 1.94. The predicted octanol–water partition coefficient (Wildman–Crippen LogP) is 1.46. The second kappa shape index (κ2) is 6.93. The van der Waals surface area contributed by atoms with Gasteiger partial charge in [-0.25, -0.2) is 8.78 Å². The topological polar surface area (TPSA) is 26.7 Å². The fourth-order valence-electron chi connectivity index (χ4n) is 2.46. The number of nitrogens with zero attached hydrogens (tertiary/aromatic N) is 2. The lowest BCUT2D eigenvalue weighted by atomic mass is 10.2. The first-order valence-electron chi connectivity index (χ1n) is 6.69.